The maximum Gasteiger partial charge on any atom is 0.275 e. The molecule has 124 valence electrons. The number of aromatic amines is 1. The number of carbonyl (C=O) groups is 1. The molecule has 2 aromatic heterocycles. The summed E-state index contributed by atoms with van der Waals surface area (Å²) < 4.78 is 0. The first-order chi connectivity index (χ1) is 11.5. The predicted octanol–water partition coefficient (Wildman–Crippen LogP) is 2.79. The van der Waals surface area contributed by atoms with Crippen LogP contribution < -0.4 is 10.2 Å². The van der Waals surface area contributed by atoms with Crippen LogP contribution in [0, 0.1) is 0 Å². The average molecular weight is 324 g/mol. The highest BCUT2D eigenvalue weighted by atomic mass is 16.2. The van der Waals surface area contributed by atoms with Crippen molar-refractivity contribution in [2.75, 3.05) is 24.3 Å². The molecule has 0 atom stereocenters. The molecule has 24 heavy (non-hydrogen) atoms. The van der Waals surface area contributed by atoms with Crippen molar-refractivity contribution in [2.24, 2.45) is 0 Å². The fourth-order valence-electron chi connectivity index (χ4n) is 2.47. The van der Waals surface area contributed by atoms with Gasteiger partial charge in [-0.05, 0) is 18.2 Å². The van der Waals surface area contributed by atoms with E-state index in [0.29, 0.717) is 17.3 Å². The first kappa shape index (κ1) is 15.9. The lowest BCUT2D eigenvalue weighted by molar-refractivity contribution is 0.102. The number of fused-ring (bicyclic) bond motifs is 1. The Bertz CT molecular complexity index is 884. The quantitative estimate of drug-likeness (QED) is 0.770. The normalized spacial score (nSPS) is 11.0. The number of benzene rings is 1. The van der Waals surface area contributed by atoms with Crippen LogP contribution in [0.3, 0.4) is 0 Å². The third kappa shape index (κ3) is 2.92. The summed E-state index contributed by atoms with van der Waals surface area (Å²) in [5, 5.41) is 10.9. The lowest BCUT2D eigenvalue weighted by Crippen LogP contribution is -2.16. The van der Waals surface area contributed by atoms with Crippen molar-refractivity contribution in [1.82, 2.24) is 20.2 Å². The SMILES string of the molecule is CC(C)c1nccc(C(=O)Nc2n[nH]c3cccc(N(C)C)c23)n1. The van der Waals surface area contributed by atoms with E-state index in [1.54, 1.807) is 12.3 Å². The zero-order chi connectivity index (χ0) is 17.3. The highest BCUT2D eigenvalue weighted by molar-refractivity contribution is 6.09. The van der Waals surface area contributed by atoms with E-state index in [4.69, 9.17) is 0 Å². The van der Waals surface area contributed by atoms with Crippen molar-refractivity contribution in [3.05, 3.63) is 42.0 Å². The Morgan fingerprint density at radius 3 is 2.75 bits per heavy atom. The standard InChI is InChI=1S/C17H20N6O/c1-10(2)15-18-9-8-12(19-15)17(24)20-16-14-11(21-22-16)6-5-7-13(14)23(3)4/h5-10H,1-4H3,(H2,20,21,22,24). The molecule has 0 unspecified atom stereocenters. The van der Waals surface area contributed by atoms with Gasteiger partial charge in [0, 0.05) is 31.9 Å². The number of hydrogen-bond acceptors (Lipinski definition) is 5. The van der Waals surface area contributed by atoms with Gasteiger partial charge in [-0.25, -0.2) is 9.97 Å². The van der Waals surface area contributed by atoms with Crippen LogP contribution in [0.2, 0.25) is 0 Å². The summed E-state index contributed by atoms with van der Waals surface area (Å²) in [6, 6.07) is 7.45. The average Bonchev–Trinajstić information content (AvgIpc) is 2.97. The topological polar surface area (TPSA) is 86.8 Å². The van der Waals surface area contributed by atoms with Crippen LogP contribution in [0.15, 0.2) is 30.5 Å². The van der Waals surface area contributed by atoms with E-state index >= 15 is 0 Å². The van der Waals surface area contributed by atoms with Gasteiger partial charge in [-0.1, -0.05) is 19.9 Å². The fourth-order valence-corrected chi connectivity index (χ4v) is 2.47. The van der Waals surface area contributed by atoms with Crippen molar-refractivity contribution >= 4 is 28.3 Å². The molecule has 0 aliphatic heterocycles. The van der Waals surface area contributed by atoms with Crippen LogP contribution in [0.4, 0.5) is 11.5 Å². The third-order valence-electron chi connectivity index (χ3n) is 3.70. The smallest absolute Gasteiger partial charge is 0.275 e. The van der Waals surface area contributed by atoms with Gasteiger partial charge < -0.3 is 10.2 Å². The van der Waals surface area contributed by atoms with Crippen molar-refractivity contribution in [1.29, 1.82) is 0 Å². The molecular weight excluding hydrogens is 304 g/mol. The van der Waals surface area contributed by atoms with Crippen LogP contribution in [0.25, 0.3) is 10.9 Å². The van der Waals surface area contributed by atoms with Crippen LogP contribution in [0.5, 0.6) is 0 Å². The van der Waals surface area contributed by atoms with Gasteiger partial charge in [0.15, 0.2) is 5.82 Å². The van der Waals surface area contributed by atoms with Gasteiger partial charge in [0.2, 0.25) is 0 Å². The molecule has 7 nitrogen and oxygen atoms in total. The lowest BCUT2D eigenvalue weighted by atomic mass is 10.2. The first-order valence-electron chi connectivity index (χ1n) is 7.76. The molecule has 2 N–H and O–H groups in total. The molecule has 0 radical (unpaired) electrons. The predicted molar refractivity (Wildman–Crippen MR) is 94.5 cm³/mol. The maximum absolute atomic E-state index is 12.5. The zero-order valence-corrected chi connectivity index (χ0v) is 14.2. The van der Waals surface area contributed by atoms with E-state index in [1.165, 1.54) is 0 Å². The molecular formula is C17H20N6O. The van der Waals surface area contributed by atoms with Gasteiger partial charge in [0.25, 0.3) is 5.91 Å². The second-order valence-corrected chi connectivity index (χ2v) is 6.08. The van der Waals surface area contributed by atoms with Crippen molar-refractivity contribution in [3.63, 3.8) is 0 Å². The molecule has 2 heterocycles. The Morgan fingerprint density at radius 1 is 1.25 bits per heavy atom. The van der Waals surface area contributed by atoms with Gasteiger partial charge in [-0.3, -0.25) is 9.89 Å². The Balaban J connectivity index is 1.95. The molecule has 0 saturated carbocycles. The van der Waals surface area contributed by atoms with E-state index in [9.17, 15) is 4.79 Å². The third-order valence-corrected chi connectivity index (χ3v) is 3.70. The highest BCUT2D eigenvalue weighted by Crippen LogP contribution is 2.30. The van der Waals surface area contributed by atoms with Gasteiger partial charge in [0.05, 0.1) is 10.9 Å². The van der Waals surface area contributed by atoms with E-state index in [2.05, 4.69) is 25.5 Å². The molecule has 0 aliphatic rings. The number of carbonyl (C=O) groups excluding carboxylic acids is 1. The van der Waals surface area contributed by atoms with Crippen LogP contribution in [-0.4, -0.2) is 40.2 Å². The number of rotatable bonds is 4. The Hall–Kier alpha value is -2.96. The Labute approximate surface area is 140 Å². The second-order valence-electron chi connectivity index (χ2n) is 6.08. The van der Waals surface area contributed by atoms with E-state index < -0.39 is 0 Å². The number of hydrogen-bond donors (Lipinski definition) is 2. The first-order valence-corrected chi connectivity index (χ1v) is 7.76. The molecule has 0 aliphatic carbocycles. The summed E-state index contributed by atoms with van der Waals surface area (Å²) >= 11 is 0. The summed E-state index contributed by atoms with van der Waals surface area (Å²) in [7, 11) is 3.90. The number of nitrogens with zero attached hydrogens (tertiary/aromatic N) is 4. The number of aromatic nitrogens is 4. The highest BCUT2D eigenvalue weighted by Gasteiger charge is 2.16. The second kappa shape index (κ2) is 6.27. The minimum Gasteiger partial charge on any atom is -0.377 e. The van der Waals surface area contributed by atoms with E-state index in [0.717, 1.165) is 16.6 Å². The van der Waals surface area contributed by atoms with Gasteiger partial charge >= 0.3 is 0 Å². The summed E-state index contributed by atoms with van der Waals surface area (Å²) in [6.07, 6.45) is 1.60. The van der Waals surface area contributed by atoms with Crippen molar-refractivity contribution in [2.45, 2.75) is 19.8 Å². The summed E-state index contributed by atoms with van der Waals surface area (Å²) in [5.74, 6) is 0.984. The van der Waals surface area contributed by atoms with Crippen molar-refractivity contribution < 1.29 is 4.79 Å². The molecule has 1 aromatic carbocycles. The maximum atomic E-state index is 12.5. The number of anilines is 2. The van der Waals surface area contributed by atoms with E-state index in [1.807, 2.05) is 51.0 Å². The minimum absolute atomic E-state index is 0.157. The minimum atomic E-state index is -0.304. The van der Waals surface area contributed by atoms with Gasteiger partial charge in [-0.2, -0.15) is 5.10 Å². The number of H-pyrrole nitrogens is 1. The fraction of sp³-hybridized carbons (Fsp3) is 0.294. The summed E-state index contributed by atoms with van der Waals surface area (Å²) in [5.41, 5.74) is 2.16. The van der Waals surface area contributed by atoms with Crippen LogP contribution >= 0.6 is 0 Å². The zero-order valence-electron chi connectivity index (χ0n) is 14.2. The van der Waals surface area contributed by atoms with Crippen LogP contribution in [0.1, 0.15) is 36.1 Å². The summed E-state index contributed by atoms with van der Waals surface area (Å²) in [4.78, 5) is 23.0. The molecule has 0 spiro atoms. The largest absolute Gasteiger partial charge is 0.377 e. The Kier molecular flexibility index (Phi) is 4.16. The molecule has 1 amide bonds. The number of amides is 1. The van der Waals surface area contributed by atoms with Crippen molar-refractivity contribution in [3.8, 4) is 0 Å². The molecule has 7 heteroatoms. The molecule has 0 fully saturated rings. The molecule has 0 saturated heterocycles. The molecule has 0 bridgehead atoms. The lowest BCUT2D eigenvalue weighted by Gasteiger charge is -2.14. The van der Waals surface area contributed by atoms with Gasteiger partial charge in [-0.15, -0.1) is 0 Å². The summed E-state index contributed by atoms with van der Waals surface area (Å²) in [6.45, 7) is 3.98. The van der Waals surface area contributed by atoms with Gasteiger partial charge in [0.1, 0.15) is 11.5 Å². The molecule has 3 aromatic rings. The van der Waals surface area contributed by atoms with Crippen LogP contribution in [-0.2, 0) is 0 Å². The Morgan fingerprint density at radius 2 is 2.04 bits per heavy atom. The van der Waals surface area contributed by atoms with E-state index in [-0.39, 0.29) is 11.8 Å². The monoisotopic (exact) mass is 324 g/mol. The number of nitrogens with one attached hydrogen (secondary N) is 2. The molecule has 3 rings (SSSR count).